The lowest BCUT2D eigenvalue weighted by Gasteiger charge is -2.08. The van der Waals surface area contributed by atoms with E-state index in [0.717, 1.165) is 11.6 Å². The number of imidazole rings is 1. The predicted octanol–water partition coefficient (Wildman–Crippen LogP) is 2.56. The maximum Gasteiger partial charge on any atom is 0.265 e. The zero-order valence-corrected chi connectivity index (χ0v) is 9.87. The van der Waals surface area contributed by atoms with Gasteiger partial charge < -0.3 is 10.1 Å². The monoisotopic (exact) mass is 240 g/mol. The first kappa shape index (κ1) is 10.6. The number of para-hydroxylation sites is 1. The number of fused-ring (bicyclic) bond motifs is 1. The molecule has 2 heterocycles. The van der Waals surface area contributed by atoms with Crippen LogP contribution >= 0.6 is 0 Å². The van der Waals surface area contributed by atoms with E-state index >= 15 is 0 Å². The van der Waals surface area contributed by atoms with E-state index < -0.39 is 0 Å². The summed E-state index contributed by atoms with van der Waals surface area (Å²) in [6.45, 7) is 0. The van der Waals surface area contributed by atoms with Crippen molar-refractivity contribution in [3.8, 4) is 11.6 Å². The van der Waals surface area contributed by atoms with Crippen LogP contribution in [-0.4, -0.2) is 21.4 Å². The molecule has 0 bridgehead atoms. The number of nitrogens with one attached hydrogen (secondary N) is 1. The first-order chi connectivity index (χ1) is 8.86. The number of aromatic nitrogens is 3. The molecule has 5 heteroatoms. The summed E-state index contributed by atoms with van der Waals surface area (Å²) >= 11 is 0. The fraction of sp³-hybridized carbons (Fsp3) is 0.0769. The average molecular weight is 240 g/mol. The van der Waals surface area contributed by atoms with Crippen LogP contribution in [0, 0.1) is 0 Å². The summed E-state index contributed by atoms with van der Waals surface area (Å²) in [4.78, 5) is 8.61. The highest BCUT2D eigenvalue weighted by Gasteiger charge is 2.08. The Hall–Kier alpha value is -2.56. The van der Waals surface area contributed by atoms with E-state index in [2.05, 4.69) is 15.3 Å². The quantitative estimate of drug-likeness (QED) is 0.764. The Bertz CT molecular complexity index is 663. The summed E-state index contributed by atoms with van der Waals surface area (Å²) < 4.78 is 7.63. The van der Waals surface area contributed by atoms with Crippen molar-refractivity contribution in [2.75, 3.05) is 12.4 Å². The molecule has 0 unspecified atom stereocenters. The van der Waals surface area contributed by atoms with Gasteiger partial charge in [-0.15, -0.1) is 0 Å². The van der Waals surface area contributed by atoms with Crippen molar-refractivity contribution in [1.82, 2.24) is 14.4 Å². The van der Waals surface area contributed by atoms with Gasteiger partial charge in [0.1, 0.15) is 11.6 Å². The van der Waals surface area contributed by atoms with Crippen molar-refractivity contribution in [1.29, 1.82) is 0 Å². The second-order valence-corrected chi connectivity index (χ2v) is 3.75. The zero-order chi connectivity index (χ0) is 12.4. The van der Waals surface area contributed by atoms with Gasteiger partial charge in [0, 0.05) is 19.4 Å². The number of ether oxygens (including phenoxy) is 1. The highest BCUT2D eigenvalue weighted by molar-refractivity contribution is 5.54. The van der Waals surface area contributed by atoms with E-state index in [4.69, 9.17) is 4.74 Å². The molecule has 1 N–H and O–H groups in total. The Morgan fingerprint density at radius 2 is 2.06 bits per heavy atom. The number of nitrogens with zero attached hydrogens (tertiary/aromatic N) is 3. The third kappa shape index (κ3) is 1.86. The number of hydrogen-bond donors (Lipinski definition) is 1. The maximum absolute atomic E-state index is 5.76. The largest absolute Gasteiger partial charge is 0.436 e. The molecular formula is C13H12N4O. The van der Waals surface area contributed by atoms with Crippen molar-refractivity contribution in [2.24, 2.45) is 0 Å². The molecule has 0 saturated carbocycles. The minimum atomic E-state index is 0.484. The van der Waals surface area contributed by atoms with Crippen LogP contribution in [0.25, 0.3) is 5.65 Å². The molecular weight excluding hydrogens is 228 g/mol. The Morgan fingerprint density at radius 3 is 2.83 bits per heavy atom. The molecule has 5 nitrogen and oxygen atoms in total. The standard InChI is InChI=1S/C13H12N4O/c1-14-11-9-17-8-7-15-12(17)13(16-11)18-10-5-3-2-4-6-10/h2-9,14H,1H3. The summed E-state index contributed by atoms with van der Waals surface area (Å²) in [5.74, 6) is 1.95. The molecule has 0 radical (unpaired) electrons. The molecule has 0 atom stereocenters. The molecule has 90 valence electrons. The molecule has 1 aromatic carbocycles. The Balaban J connectivity index is 2.07. The third-order valence-corrected chi connectivity index (χ3v) is 2.56. The third-order valence-electron chi connectivity index (χ3n) is 2.56. The van der Waals surface area contributed by atoms with Crippen LogP contribution < -0.4 is 10.1 Å². The predicted molar refractivity (Wildman–Crippen MR) is 69.0 cm³/mol. The SMILES string of the molecule is CNc1cn2ccnc2c(Oc2ccccc2)n1. The Kier molecular flexibility index (Phi) is 2.57. The molecule has 0 aliphatic carbocycles. The zero-order valence-electron chi connectivity index (χ0n) is 9.87. The lowest BCUT2D eigenvalue weighted by Crippen LogP contribution is -1.99. The Labute approximate surface area is 104 Å². The van der Waals surface area contributed by atoms with Crippen molar-refractivity contribution < 1.29 is 4.74 Å². The fourth-order valence-electron chi connectivity index (χ4n) is 1.69. The summed E-state index contributed by atoms with van der Waals surface area (Å²) in [5.41, 5.74) is 0.692. The molecule has 3 aromatic rings. The van der Waals surface area contributed by atoms with E-state index in [1.54, 1.807) is 6.20 Å². The summed E-state index contributed by atoms with van der Waals surface area (Å²) in [7, 11) is 1.82. The van der Waals surface area contributed by atoms with Crippen molar-refractivity contribution in [2.45, 2.75) is 0 Å². The molecule has 0 spiro atoms. The van der Waals surface area contributed by atoms with Crippen molar-refractivity contribution in [3.63, 3.8) is 0 Å². The number of hydrogen-bond acceptors (Lipinski definition) is 4. The molecule has 0 amide bonds. The topological polar surface area (TPSA) is 51.5 Å². The molecule has 2 aromatic heterocycles. The van der Waals surface area contributed by atoms with E-state index in [1.807, 2.05) is 54.2 Å². The first-order valence-electron chi connectivity index (χ1n) is 5.61. The van der Waals surface area contributed by atoms with Gasteiger partial charge >= 0.3 is 0 Å². The smallest absolute Gasteiger partial charge is 0.265 e. The molecule has 0 aliphatic heterocycles. The van der Waals surface area contributed by atoms with E-state index in [1.165, 1.54) is 0 Å². The summed E-state index contributed by atoms with van der Waals surface area (Å²) in [6.07, 6.45) is 5.43. The van der Waals surface area contributed by atoms with Gasteiger partial charge in [0.15, 0.2) is 0 Å². The number of anilines is 1. The molecule has 3 rings (SSSR count). The second kappa shape index (κ2) is 4.37. The average Bonchev–Trinajstić information content (AvgIpc) is 2.88. The van der Waals surface area contributed by atoms with Crippen LogP contribution in [0.5, 0.6) is 11.6 Å². The van der Waals surface area contributed by atoms with Gasteiger partial charge in [-0.2, -0.15) is 4.98 Å². The van der Waals surface area contributed by atoms with Crippen LogP contribution in [0.1, 0.15) is 0 Å². The molecule has 0 aliphatic rings. The summed E-state index contributed by atoms with van der Waals surface area (Å²) in [5, 5.41) is 3.00. The van der Waals surface area contributed by atoms with Crippen LogP contribution in [0.3, 0.4) is 0 Å². The van der Waals surface area contributed by atoms with E-state index in [9.17, 15) is 0 Å². The summed E-state index contributed by atoms with van der Waals surface area (Å²) in [6, 6.07) is 9.54. The second-order valence-electron chi connectivity index (χ2n) is 3.75. The van der Waals surface area contributed by atoms with Crippen LogP contribution in [0.2, 0.25) is 0 Å². The lowest BCUT2D eigenvalue weighted by atomic mass is 10.3. The van der Waals surface area contributed by atoms with Gasteiger partial charge in [-0.05, 0) is 12.1 Å². The van der Waals surface area contributed by atoms with Crippen LogP contribution in [0.4, 0.5) is 5.82 Å². The van der Waals surface area contributed by atoms with E-state index in [-0.39, 0.29) is 0 Å². The van der Waals surface area contributed by atoms with Gasteiger partial charge in [-0.25, -0.2) is 4.98 Å². The van der Waals surface area contributed by atoms with Crippen molar-refractivity contribution >= 4 is 11.5 Å². The fourth-order valence-corrected chi connectivity index (χ4v) is 1.69. The minimum absolute atomic E-state index is 0.484. The maximum atomic E-state index is 5.76. The van der Waals surface area contributed by atoms with E-state index in [0.29, 0.717) is 11.5 Å². The van der Waals surface area contributed by atoms with Gasteiger partial charge in [-0.3, -0.25) is 4.40 Å². The Morgan fingerprint density at radius 1 is 1.22 bits per heavy atom. The van der Waals surface area contributed by atoms with Gasteiger partial charge in [0.2, 0.25) is 5.65 Å². The first-order valence-corrected chi connectivity index (χ1v) is 5.61. The highest BCUT2D eigenvalue weighted by atomic mass is 16.5. The normalized spacial score (nSPS) is 10.5. The number of benzene rings is 1. The molecule has 0 saturated heterocycles. The lowest BCUT2D eigenvalue weighted by molar-refractivity contribution is 0.466. The van der Waals surface area contributed by atoms with Gasteiger partial charge in [0.25, 0.3) is 5.88 Å². The highest BCUT2D eigenvalue weighted by Crippen LogP contribution is 2.24. The van der Waals surface area contributed by atoms with Crippen LogP contribution in [0.15, 0.2) is 48.9 Å². The van der Waals surface area contributed by atoms with Gasteiger partial charge in [-0.1, -0.05) is 18.2 Å². The molecule has 0 fully saturated rings. The van der Waals surface area contributed by atoms with Gasteiger partial charge in [0.05, 0.1) is 6.20 Å². The van der Waals surface area contributed by atoms with Crippen LogP contribution in [-0.2, 0) is 0 Å². The number of rotatable bonds is 3. The minimum Gasteiger partial charge on any atom is -0.436 e. The molecule has 18 heavy (non-hydrogen) atoms. The van der Waals surface area contributed by atoms with Crippen molar-refractivity contribution in [3.05, 3.63) is 48.9 Å².